The number of benzene rings is 2. The second-order valence-corrected chi connectivity index (χ2v) is 9.92. The summed E-state index contributed by atoms with van der Waals surface area (Å²) in [6, 6.07) is 15.2. The van der Waals surface area contributed by atoms with Crippen LogP contribution >= 0.6 is 0 Å². The van der Waals surface area contributed by atoms with E-state index in [1.165, 1.54) is 12.1 Å². The first-order valence-electron chi connectivity index (χ1n) is 12.7. The van der Waals surface area contributed by atoms with Crippen LogP contribution in [0, 0.1) is 6.92 Å². The summed E-state index contributed by atoms with van der Waals surface area (Å²) in [7, 11) is 2.00. The zero-order valence-electron chi connectivity index (χ0n) is 21.8. The fourth-order valence-electron chi connectivity index (χ4n) is 4.70. The molecule has 1 amide bonds. The molecule has 2 N–H and O–H groups in total. The van der Waals surface area contributed by atoms with Crippen LogP contribution in [0.5, 0.6) is 5.75 Å². The van der Waals surface area contributed by atoms with Gasteiger partial charge in [-0.2, -0.15) is 13.2 Å². The van der Waals surface area contributed by atoms with Crippen LogP contribution in [-0.2, 0) is 17.5 Å². The molecule has 4 aromatic rings. The number of alkyl halides is 3. The molecule has 7 nitrogen and oxygen atoms in total. The molecule has 1 saturated heterocycles. The molecule has 2 aromatic heterocycles. The first-order valence-corrected chi connectivity index (χ1v) is 12.7. The Kier molecular flexibility index (Phi) is 7.58. The summed E-state index contributed by atoms with van der Waals surface area (Å²) in [5.41, 5.74) is 3.29. The van der Waals surface area contributed by atoms with Crippen molar-refractivity contribution < 1.29 is 22.7 Å². The van der Waals surface area contributed by atoms with Gasteiger partial charge in [0, 0.05) is 61.3 Å². The van der Waals surface area contributed by atoms with Crippen LogP contribution in [-0.4, -0.2) is 65.5 Å². The first-order chi connectivity index (χ1) is 18.6. The minimum absolute atomic E-state index is 0.0799. The molecule has 0 unspecified atom stereocenters. The van der Waals surface area contributed by atoms with Gasteiger partial charge in [-0.3, -0.25) is 9.69 Å². The van der Waals surface area contributed by atoms with Crippen molar-refractivity contribution in [1.82, 2.24) is 19.8 Å². The molecule has 0 spiro atoms. The molecule has 204 valence electrons. The summed E-state index contributed by atoms with van der Waals surface area (Å²) in [4.78, 5) is 24.3. The van der Waals surface area contributed by atoms with Gasteiger partial charge in [0.05, 0.1) is 5.56 Å². The number of aromatic amines is 1. The molecule has 0 bridgehead atoms. The van der Waals surface area contributed by atoms with E-state index in [1.54, 1.807) is 18.3 Å². The third-order valence-electron chi connectivity index (χ3n) is 6.85. The van der Waals surface area contributed by atoms with Crippen molar-refractivity contribution >= 4 is 22.6 Å². The van der Waals surface area contributed by atoms with Gasteiger partial charge in [0.1, 0.15) is 11.4 Å². The lowest BCUT2D eigenvalue weighted by atomic mass is 10.0. The molecule has 39 heavy (non-hydrogen) atoms. The zero-order chi connectivity index (χ0) is 27.6. The first kappa shape index (κ1) is 26.7. The summed E-state index contributed by atoms with van der Waals surface area (Å²) in [5.74, 6) is -0.0737. The number of amides is 1. The Hall–Kier alpha value is -3.89. The molecule has 3 heterocycles. The molecule has 10 heteroatoms. The maximum absolute atomic E-state index is 13.8. The molecular weight excluding hydrogens is 507 g/mol. The van der Waals surface area contributed by atoms with Crippen LogP contribution < -0.4 is 10.1 Å². The van der Waals surface area contributed by atoms with Crippen molar-refractivity contribution in [3.8, 4) is 16.9 Å². The average molecular weight is 538 g/mol. The Labute approximate surface area is 224 Å². The second kappa shape index (κ2) is 11.1. The fraction of sp³-hybridized carbons (Fsp3) is 0.310. The van der Waals surface area contributed by atoms with Crippen molar-refractivity contribution in [2.24, 2.45) is 0 Å². The van der Waals surface area contributed by atoms with Crippen molar-refractivity contribution in [2.75, 3.05) is 45.2 Å². The highest BCUT2D eigenvalue weighted by Gasteiger charge is 2.34. The zero-order valence-corrected chi connectivity index (χ0v) is 21.8. The number of nitrogens with zero attached hydrogens (tertiary/aromatic N) is 3. The van der Waals surface area contributed by atoms with Gasteiger partial charge in [0.25, 0.3) is 5.91 Å². The van der Waals surface area contributed by atoms with Gasteiger partial charge in [-0.15, -0.1) is 0 Å². The van der Waals surface area contributed by atoms with E-state index >= 15 is 0 Å². The van der Waals surface area contributed by atoms with Gasteiger partial charge in [0.2, 0.25) is 0 Å². The number of anilines is 1. The molecule has 5 rings (SSSR count). The van der Waals surface area contributed by atoms with Crippen molar-refractivity contribution in [1.29, 1.82) is 0 Å². The monoisotopic (exact) mass is 537 g/mol. The number of carbonyl (C=O) groups excluding carboxylic acids is 1. The van der Waals surface area contributed by atoms with E-state index in [-0.39, 0.29) is 24.4 Å². The van der Waals surface area contributed by atoms with Gasteiger partial charge >= 0.3 is 6.18 Å². The van der Waals surface area contributed by atoms with Crippen molar-refractivity contribution in [3.63, 3.8) is 0 Å². The predicted molar refractivity (Wildman–Crippen MR) is 145 cm³/mol. The maximum atomic E-state index is 13.8. The van der Waals surface area contributed by atoms with E-state index in [0.29, 0.717) is 18.8 Å². The quantitative estimate of drug-likeness (QED) is 0.334. The normalized spacial score (nSPS) is 15.0. The maximum Gasteiger partial charge on any atom is 0.416 e. The molecular formula is C29H30F3N5O2. The lowest BCUT2D eigenvalue weighted by Gasteiger charge is -2.33. The fourth-order valence-corrected chi connectivity index (χ4v) is 4.70. The number of ether oxygens (including phenoxy) is 1. The number of nitrogens with one attached hydrogen (secondary N) is 2. The number of aromatic nitrogens is 2. The number of rotatable bonds is 7. The standard InChI is InChI=1S/C29H30F3N5O2/c1-19-13-22-14-23(16-33-28(22)34-19)20-4-7-25(8-5-20)39-18-27(38)35-24-6-3-21(26(15-24)29(30,31)32)17-37-11-9-36(2)10-12-37/h3-8,13-16H,9-12,17-18H2,1-2H3,(H,33,34)(H,35,38). The third-order valence-corrected chi connectivity index (χ3v) is 6.85. The average Bonchev–Trinajstić information content (AvgIpc) is 3.28. The van der Waals surface area contributed by atoms with Crippen LogP contribution in [0.4, 0.5) is 18.9 Å². The Morgan fingerprint density at radius 1 is 1.03 bits per heavy atom. The van der Waals surface area contributed by atoms with E-state index in [2.05, 4.69) is 20.2 Å². The SMILES string of the molecule is Cc1cc2cc(-c3ccc(OCC(=O)Nc4ccc(CN5CCN(C)CC5)c(C(F)(F)F)c4)cc3)cnc2[nH]1. The lowest BCUT2D eigenvalue weighted by Crippen LogP contribution is -2.44. The van der Waals surface area contributed by atoms with Crippen LogP contribution in [0.2, 0.25) is 0 Å². The van der Waals surface area contributed by atoms with E-state index in [0.717, 1.165) is 47.0 Å². The number of halogens is 3. The van der Waals surface area contributed by atoms with E-state index in [1.807, 2.05) is 43.1 Å². The van der Waals surface area contributed by atoms with Gasteiger partial charge in [0.15, 0.2) is 6.61 Å². The topological polar surface area (TPSA) is 73.5 Å². The smallest absolute Gasteiger partial charge is 0.416 e. The number of carbonyl (C=O) groups is 1. The Balaban J connectivity index is 1.19. The molecule has 2 aromatic carbocycles. The van der Waals surface area contributed by atoms with Gasteiger partial charge in [-0.1, -0.05) is 18.2 Å². The molecule has 1 fully saturated rings. The van der Waals surface area contributed by atoms with E-state index < -0.39 is 17.6 Å². The minimum Gasteiger partial charge on any atom is -0.484 e. The largest absolute Gasteiger partial charge is 0.484 e. The predicted octanol–water partition coefficient (Wildman–Crippen LogP) is 5.32. The van der Waals surface area contributed by atoms with Crippen LogP contribution in [0.25, 0.3) is 22.2 Å². The molecule has 1 aliphatic rings. The number of aryl methyl sites for hydroxylation is 1. The van der Waals surface area contributed by atoms with E-state index in [9.17, 15) is 18.0 Å². The Morgan fingerprint density at radius 2 is 1.77 bits per heavy atom. The van der Waals surface area contributed by atoms with Gasteiger partial charge in [-0.25, -0.2) is 4.98 Å². The highest BCUT2D eigenvalue weighted by atomic mass is 19.4. The van der Waals surface area contributed by atoms with Crippen LogP contribution in [0.3, 0.4) is 0 Å². The van der Waals surface area contributed by atoms with Crippen LogP contribution in [0.1, 0.15) is 16.8 Å². The number of likely N-dealkylation sites (N-methyl/N-ethyl adjacent to an activating group) is 1. The molecule has 0 saturated carbocycles. The van der Waals surface area contributed by atoms with Crippen molar-refractivity contribution in [2.45, 2.75) is 19.6 Å². The number of H-pyrrole nitrogens is 1. The number of hydrogen-bond acceptors (Lipinski definition) is 5. The summed E-state index contributed by atoms with van der Waals surface area (Å²) >= 11 is 0. The summed E-state index contributed by atoms with van der Waals surface area (Å²) < 4.78 is 47.0. The summed E-state index contributed by atoms with van der Waals surface area (Å²) in [6.45, 7) is 4.91. The van der Waals surface area contributed by atoms with E-state index in [4.69, 9.17) is 4.74 Å². The van der Waals surface area contributed by atoms with Crippen LogP contribution in [0.15, 0.2) is 60.8 Å². The number of hydrogen-bond donors (Lipinski definition) is 2. The summed E-state index contributed by atoms with van der Waals surface area (Å²) in [6.07, 6.45) is -2.74. The third kappa shape index (κ3) is 6.58. The number of piperazine rings is 1. The molecule has 0 radical (unpaired) electrons. The number of pyridine rings is 1. The highest BCUT2D eigenvalue weighted by Crippen LogP contribution is 2.34. The summed E-state index contributed by atoms with van der Waals surface area (Å²) in [5, 5.41) is 3.54. The second-order valence-electron chi connectivity index (χ2n) is 9.92. The Morgan fingerprint density at radius 3 is 2.49 bits per heavy atom. The molecule has 0 atom stereocenters. The highest BCUT2D eigenvalue weighted by molar-refractivity contribution is 5.92. The Bertz CT molecular complexity index is 1460. The van der Waals surface area contributed by atoms with Crippen molar-refractivity contribution in [3.05, 3.63) is 77.6 Å². The van der Waals surface area contributed by atoms with Gasteiger partial charge in [-0.05, 0) is 61.5 Å². The molecule has 0 aliphatic carbocycles. The van der Waals surface area contributed by atoms with Gasteiger partial charge < -0.3 is 19.9 Å². The lowest BCUT2D eigenvalue weighted by molar-refractivity contribution is -0.138. The number of fused-ring (bicyclic) bond motifs is 1. The molecule has 1 aliphatic heterocycles. The minimum atomic E-state index is -4.53.